The molecule has 1 aromatic rings. The zero-order chi connectivity index (χ0) is 15.8. The molecule has 0 spiro atoms. The van der Waals surface area contributed by atoms with Crippen molar-refractivity contribution < 1.29 is 0 Å². The minimum absolute atomic E-state index is 0.296. The maximum Gasteiger partial charge on any atom is 0.0474 e. The molecule has 2 nitrogen and oxygen atoms in total. The van der Waals surface area contributed by atoms with Crippen molar-refractivity contribution in [3.05, 3.63) is 28.8 Å². The van der Waals surface area contributed by atoms with Gasteiger partial charge in [-0.15, -0.1) is 0 Å². The van der Waals surface area contributed by atoms with Crippen LogP contribution in [-0.4, -0.2) is 31.6 Å². The Morgan fingerprint density at radius 1 is 1.33 bits per heavy atom. The van der Waals surface area contributed by atoms with Gasteiger partial charge >= 0.3 is 0 Å². The molecule has 0 saturated heterocycles. The zero-order valence-corrected chi connectivity index (χ0v) is 15.5. The Hall–Kier alpha value is -0.380. The molecule has 21 heavy (non-hydrogen) atoms. The predicted molar refractivity (Wildman–Crippen MR) is 99.0 cm³/mol. The van der Waals surface area contributed by atoms with Crippen LogP contribution in [0.1, 0.15) is 45.2 Å². The lowest BCUT2D eigenvalue weighted by molar-refractivity contribution is 0.570. The molecule has 0 aliphatic rings. The molecule has 4 heteroatoms. The maximum absolute atomic E-state index is 6.50. The van der Waals surface area contributed by atoms with Crippen molar-refractivity contribution in [2.75, 3.05) is 30.5 Å². The SMILES string of the molecule is CCCNC(C)c1ccc(N(C)C(CC)CSC)cc1Cl. The number of nitrogens with one attached hydrogen (secondary N) is 1. The summed E-state index contributed by atoms with van der Waals surface area (Å²) in [5.74, 6) is 1.14. The molecule has 0 fully saturated rings. The van der Waals surface area contributed by atoms with Crippen molar-refractivity contribution in [1.29, 1.82) is 0 Å². The summed E-state index contributed by atoms with van der Waals surface area (Å²) < 4.78 is 0. The molecule has 0 aromatic heterocycles. The number of nitrogens with zero attached hydrogens (tertiary/aromatic N) is 1. The first-order valence-electron chi connectivity index (χ1n) is 7.79. The number of hydrogen-bond acceptors (Lipinski definition) is 3. The van der Waals surface area contributed by atoms with Crippen LogP contribution in [0.4, 0.5) is 5.69 Å². The van der Waals surface area contributed by atoms with Gasteiger partial charge in [-0.1, -0.05) is 31.5 Å². The predicted octanol–water partition coefficient (Wildman–Crippen LogP) is 4.98. The second-order valence-corrected chi connectivity index (χ2v) is 6.83. The van der Waals surface area contributed by atoms with Gasteiger partial charge in [0, 0.05) is 35.6 Å². The van der Waals surface area contributed by atoms with E-state index in [-0.39, 0.29) is 0 Å². The lowest BCUT2D eigenvalue weighted by Crippen LogP contribution is -2.33. The minimum Gasteiger partial charge on any atom is -0.371 e. The van der Waals surface area contributed by atoms with Gasteiger partial charge in [0.15, 0.2) is 0 Å². The lowest BCUT2D eigenvalue weighted by atomic mass is 10.1. The van der Waals surface area contributed by atoms with E-state index in [0.717, 1.165) is 30.2 Å². The highest BCUT2D eigenvalue weighted by Gasteiger charge is 2.15. The quantitative estimate of drug-likeness (QED) is 0.688. The van der Waals surface area contributed by atoms with Gasteiger partial charge in [0.1, 0.15) is 0 Å². The molecule has 120 valence electrons. The molecule has 0 bridgehead atoms. The van der Waals surface area contributed by atoms with E-state index in [1.54, 1.807) is 0 Å². The third-order valence-corrected chi connectivity index (χ3v) is 4.98. The van der Waals surface area contributed by atoms with Crippen molar-refractivity contribution in [1.82, 2.24) is 5.32 Å². The van der Waals surface area contributed by atoms with Gasteiger partial charge < -0.3 is 10.2 Å². The van der Waals surface area contributed by atoms with Crippen LogP contribution in [0, 0.1) is 0 Å². The summed E-state index contributed by atoms with van der Waals surface area (Å²) in [5, 5.41) is 4.35. The summed E-state index contributed by atoms with van der Waals surface area (Å²) in [4.78, 5) is 2.34. The van der Waals surface area contributed by atoms with E-state index in [2.05, 4.69) is 62.5 Å². The standard InChI is InChI=1S/C17H29ClN2S/c1-6-10-19-13(3)16-9-8-15(11-17(16)18)20(4)14(7-2)12-21-5/h8-9,11,13-14,19H,6-7,10,12H2,1-5H3. The van der Waals surface area contributed by atoms with Gasteiger partial charge in [0.05, 0.1) is 0 Å². The second kappa shape index (κ2) is 9.60. The molecule has 0 amide bonds. The van der Waals surface area contributed by atoms with E-state index in [0.29, 0.717) is 12.1 Å². The Kier molecular flexibility index (Phi) is 8.53. The zero-order valence-electron chi connectivity index (χ0n) is 13.9. The molecule has 0 radical (unpaired) electrons. The Bertz CT molecular complexity index is 425. The van der Waals surface area contributed by atoms with Crippen molar-refractivity contribution in [3.8, 4) is 0 Å². The smallest absolute Gasteiger partial charge is 0.0474 e. The average molecular weight is 329 g/mol. The topological polar surface area (TPSA) is 15.3 Å². The van der Waals surface area contributed by atoms with E-state index in [9.17, 15) is 0 Å². The summed E-state index contributed by atoms with van der Waals surface area (Å²) in [5.41, 5.74) is 2.38. The third kappa shape index (κ3) is 5.39. The Morgan fingerprint density at radius 3 is 2.57 bits per heavy atom. The molecule has 1 aromatic carbocycles. The number of hydrogen-bond donors (Lipinski definition) is 1. The van der Waals surface area contributed by atoms with Crippen LogP contribution >= 0.6 is 23.4 Å². The van der Waals surface area contributed by atoms with Gasteiger partial charge in [0.25, 0.3) is 0 Å². The van der Waals surface area contributed by atoms with Crippen LogP contribution < -0.4 is 10.2 Å². The maximum atomic E-state index is 6.50. The summed E-state index contributed by atoms with van der Waals surface area (Å²) in [6, 6.07) is 7.30. The first-order valence-corrected chi connectivity index (χ1v) is 9.56. The second-order valence-electron chi connectivity index (χ2n) is 5.51. The van der Waals surface area contributed by atoms with Crippen LogP contribution in [0.25, 0.3) is 0 Å². The van der Waals surface area contributed by atoms with Crippen LogP contribution in [-0.2, 0) is 0 Å². The van der Waals surface area contributed by atoms with Gasteiger partial charge in [0.2, 0.25) is 0 Å². The van der Waals surface area contributed by atoms with Gasteiger partial charge in [-0.25, -0.2) is 0 Å². The summed E-state index contributed by atoms with van der Waals surface area (Å²) in [6.07, 6.45) is 4.44. The molecular weight excluding hydrogens is 300 g/mol. The highest BCUT2D eigenvalue weighted by molar-refractivity contribution is 7.98. The van der Waals surface area contributed by atoms with Crippen LogP contribution in [0.15, 0.2) is 18.2 Å². The fourth-order valence-corrected chi connectivity index (χ4v) is 3.65. The number of anilines is 1. The minimum atomic E-state index is 0.296. The molecule has 2 atom stereocenters. The fourth-order valence-electron chi connectivity index (χ4n) is 2.46. The van der Waals surface area contributed by atoms with Gasteiger partial charge in [-0.2, -0.15) is 11.8 Å². The number of thioether (sulfide) groups is 1. The van der Waals surface area contributed by atoms with E-state index in [1.807, 2.05) is 11.8 Å². The molecular formula is C17H29ClN2S. The van der Waals surface area contributed by atoms with Crippen LogP contribution in [0.2, 0.25) is 5.02 Å². The van der Waals surface area contributed by atoms with Crippen molar-refractivity contribution in [3.63, 3.8) is 0 Å². The highest BCUT2D eigenvalue weighted by Crippen LogP contribution is 2.29. The van der Waals surface area contributed by atoms with E-state index in [1.165, 1.54) is 11.3 Å². The number of rotatable bonds is 9. The monoisotopic (exact) mass is 328 g/mol. The van der Waals surface area contributed by atoms with E-state index in [4.69, 9.17) is 11.6 Å². The van der Waals surface area contributed by atoms with Crippen LogP contribution in [0.3, 0.4) is 0 Å². The molecule has 0 saturated carbocycles. The summed E-state index contributed by atoms with van der Waals surface area (Å²) in [6.45, 7) is 7.60. The van der Waals surface area contributed by atoms with Crippen molar-refractivity contribution >= 4 is 29.1 Å². The van der Waals surface area contributed by atoms with Gasteiger partial charge in [-0.05, 0) is 50.3 Å². The summed E-state index contributed by atoms with van der Waals surface area (Å²) in [7, 11) is 2.16. The molecule has 0 aliphatic carbocycles. The molecule has 0 heterocycles. The normalized spacial score (nSPS) is 14.0. The number of benzene rings is 1. The largest absolute Gasteiger partial charge is 0.371 e. The summed E-state index contributed by atoms with van der Waals surface area (Å²) >= 11 is 8.39. The van der Waals surface area contributed by atoms with E-state index >= 15 is 0 Å². The Labute approximate surface area is 139 Å². The van der Waals surface area contributed by atoms with Crippen molar-refractivity contribution in [2.24, 2.45) is 0 Å². The van der Waals surface area contributed by atoms with Crippen molar-refractivity contribution in [2.45, 2.75) is 45.7 Å². The third-order valence-electron chi connectivity index (χ3n) is 3.94. The molecule has 0 aliphatic heterocycles. The highest BCUT2D eigenvalue weighted by atomic mass is 35.5. The van der Waals surface area contributed by atoms with Gasteiger partial charge in [-0.3, -0.25) is 0 Å². The molecule has 2 unspecified atom stereocenters. The first-order chi connectivity index (χ1) is 10.0. The molecule has 1 rings (SSSR count). The first kappa shape index (κ1) is 18.7. The molecule has 1 N–H and O–H groups in total. The Morgan fingerprint density at radius 2 is 2.05 bits per heavy atom. The number of halogens is 1. The average Bonchev–Trinajstić information content (AvgIpc) is 2.49. The Balaban J connectivity index is 2.85. The fraction of sp³-hybridized carbons (Fsp3) is 0.647. The lowest BCUT2D eigenvalue weighted by Gasteiger charge is -2.29. The van der Waals surface area contributed by atoms with E-state index < -0.39 is 0 Å². The van der Waals surface area contributed by atoms with Crippen LogP contribution in [0.5, 0.6) is 0 Å².